The normalized spacial score (nSPS) is 14.1. The predicted octanol–water partition coefficient (Wildman–Crippen LogP) is 9.27. The molecule has 0 aliphatic heterocycles. The molecule has 0 spiro atoms. The molecule has 0 saturated carbocycles. The number of carbonyl (C=O) groups is 3. The molecule has 0 amide bonds. The van der Waals surface area contributed by atoms with Crippen LogP contribution in [0.25, 0.3) is 0 Å². The molecule has 0 radical (unpaired) electrons. The molecule has 0 rings (SSSR count). The molecule has 0 fully saturated rings. The fraction of sp³-hybridized carbons (Fsp3) is 0.727. The van der Waals surface area contributed by atoms with Crippen molar-refractivity contribution in [1.82, 2.24) is 0 Å². The van der Waals surface area contributed by atoms with Crippen LogP contribution in [0.1, 0.15) is 125 Å². The molecule has 0 atom stereocenters. The maximum Gasteiger partial charge on any atom is 0.164 e. The zero-order valence-corrected chi connectivity index (χ0v) is 30.0. The van der Waals surface area contributed by atoms with Crippen LogP contribution >= 0.6 is 0 Å². The van der Waals surface area contributed by atoms with E-state index in [0.717, 1.165) is 0 Å². The predicted molar refractivity (Wildman–Crippen MR) is 164 cm³/mol. The Bertz CT molecular complexity index is 801. The van der Waals surface area contributed by atoms with Gasteiger partial charge in [0, 0.05) is 68.1 Å². The number of hydrogen-bond donors (Lipinski definition) is 3. The van der Waals surface area contributed by atoms with Crippen molar-refractivity contribution >= 4 is 17.3 Å². The molecule has 0 aromatic carbocycles. The number of allylic oxidation sites excluding steroid dienone is 6. The van der Waals surface area contributed by atoms with Crippen LogP contribution in [0, 0.1) is 32.5 Å². The molecule has 0 aromatic heterocycles. The third kappa shape index (κ3) is 21.0. The molecule has 0 unspecified atom stereocenters. The van der Waals surface area contributed by atoms with Crippen LogP contribution in [0.2, 0.25) is 0 Å². The van der Waals surface area contributed by atoms with E-state index in [4.69, 9.17) is 0 Å². The maximum absolute atomic E-state index is 11.5. The molecule has 6 nitrogen and oxygen atoms in total. The van der Waals surface area contributed by atoms with Gasteiger partial charge < -0.3 is 15.3 Å². The van der Waals surface area contributed by atoms with Gasteiger partial charge >= 0.3 is 0 Å². The average Bonchev–Trinajstić information content (AvgIpc) is 2.64. The molecule has 7 heteroatoms. The van der Waals surface area contributed by atoms with Crippen LogP contribution < -0.4 is 0 Å². The number of aliphatic hydroxyl groups is 3. The summed E-state index contributed by atoms with van der Waals surface area (Å²) in [7, 11) is 0. The van der Waals surface area contributed by atoms with Gasteiger partial charge in [0.25, 0.3) is 0 Å². The van der Waals surface area contributed by atoms with E-state index >= 15 is 0 Å². The van der Waals surface area contributed by atoms with Gasteiger partial charge in [0.15, 0.2) is 17.3 Å². The summed E-state index contributed by atoms with van der Waals surface area (Å²) in [6, 6.07) is 0. The van der Waals surface area contributed by atoms with Crippen LogP contribution in [0.3, 0.4) is 0 Å². The minimum Gasteiger partial charge on any atom is -0.512 e. The topological polar surface area (TPSA) is 112 Å². The van der Waals surface area contributed by atoms with E-state index in [1.807, 2.05) is 125 Å². The number of hydrogen-bond acceptors (Lipinski definition) is 6. The first-order valence-electron chi connectivity index (χ1n) is 13.5. The molecule has 0 aliphatic carbocycles. The van der Waals surface area contributed by atoms with E-state index in [1.54, 1.807) is 0 Å². The van der Waals surface area contributed by atoms with E-state index in [2.05, 4.69) is 0 Å². The number of ketones is 3. The third-order valence-corrected chi connectivity index (χ3v) is 5.33. The summed E-state index contributed by atoms with van der Waals surface area (Å²) in [4.78, 5) is 34.5. The van der Waals surface area contributed by atoms with Crippen molar-refractivity contribution < 1.29 is 47.1 Å². The molecule has 3 N–H and O–H groups in total. The van der Waals surface area contributed by atoms with Gasteiger partial charge in [-0.3, -0.25) is 14.4 Å². The standard InChI is InChI=1S/3C11H20O2.Cr/c3*1-10(2,3)8(12)7-9(13)11(4,5)6;/h3*7,12H,1-6H3;/b2*8-7+;8-7-;. The van der Waals surface area contributed by atoms with Gasteiger partial charge in [-0.1, -0.05) is 125 Å². The Morgan fingerprint density at radius 1 is 0.350 bits per heavy atom. The van der Waals surface area contributed by atoms with Gasteiger partial charge in [-0.2, -0.15) is 0 Å². The van der Waals surface area contributed by atoms with Crippen LogP contribution in [0.15, 0.2) is 35.5 Å². The van der Waals surface area contributed by atoms with E-state index in [0.29, 0.717) is 0 Å². The second-order valence-electron chi connectivity index (χ2n) is 16.2. The largest absolute Gasteiger partial charge is 0.512 e. The molecular formula is C33H60CrO6. The van der Waals surface area contributed by atoms with Gasteiger partial charge in [-0.05, 0) is 0 Å². The fourth-order valence-corrected chi connectivity index (χ4v) is 1.67. The Hall–Kier alpha value is -1.84. The van der Waals surface area contributed by atoms with E-state index in [9.17, 15) is 29.7 Å². The first-order valence-corrected chi connectivity index (χ1v) is 13.5. The van der Waals surface area contributed by atoms with Crippen molar-refractivity contribution in [3.8, 4) is 0 Å². The minimum absolute atomic E-state index is 0. The van der Waals surface area contributed by atoms with Gasteiger partial charge in [-0.15, -0.1) is 0 Å². The Labute approximate surface area is 256 Å². The second-order valence-corrected chi connectivity index (χ2v) is 16.2. The van der Waals surface area contributed by atoms with Crippen molar-refractivity contribution in [3.63, 3.8) is 0 Å². The van der Waals surface area contributed by atoms with Gasteiger partial charge in [-0.25, -0.2) is 0 Å². The SMILES string of the molecule is CC(C)(C)C(=O)/C=C(/O)C(C)(C)C.CC(C)(C)C(=O)/C=C(/O)C(C)(C)C.CC(C)(C)C(=O)/C=C(\O)C(C)(C)C.[Cr]. The van der Waals surface area contributed by atoms with Gasteiger partial charge in [0.05, 0.1) is 0 Å². The quantitative estimate of drug-likeness (QED) is 0.219. The van der Waals surface area contributed by atoms with Crippen LogP contribution in [-0.4, -0.2) is 32.7 Å². The second kappa shape index (κ2) is 16.0. The Morgan fingerprint density at radius 2 is 0.475 bits per heavy atom. The molecule has 0 heterocycles. The van der Waals surface area contributed by atoms with Crippen molar-refractivity contribution in [2.45, 2.75) is 125 Å². The molecular weight excluding hydrogens is 544 g/mol. The summed E-state index contributed by atoms with van der Waals surface area (Å²) in [5.74, 6) is 0.312. The van der Waals surface area contributed by atoms with E-state index < -0.39 is 16.2 Å². The smallest absolute Gasteiger partial charge is 0.164 e. The van der Waals surface area contributed by atoms with Crippen molar-refractivity contribution in [1.29, 1.82) is 0 Å². The Kier molecular flexibility index (Phi) is 18.0. The summed E-state index contributed by atoms with van der Waals surface area (Å²) in [5.41, 5.74) is -2.29. The Morgan fingerprint density at radius 3 is 0.550 bits per heavy atom. The molecule has 40 heavy (non-hydrogen) atoms. The van der Waals surface area contributed by atoms with Crippen LogP contribution in [0.4, 0.5) is 0 Å². The number of carbonyl (C=O) groups excluding carboxylic acids is 3. The summed E-state index contributed by atoms with van der Waals surface area (Å²) >= 11 is 0. The zero-order chi connectivity index (χ0) is 32.6. The summed E-state index contributed by atoms with van der Waals surface area (Å²) in [5, 5.41) is 28.7. The molecule has 0 aliphatic rings. The number of rotatable bonds is 3. The first-order chi connectivity index (χ1) is 16.6. The van der Waals surface area contributed by atoms with Crippen molar-refractivity contribution in [3.05, 3.63) is 35.5 Å². The van der Waals surface area contributed by atoms with E-state index in [1.165, 1.54) is 18.2 Å². The Balaban J connectivity index is -0.000000240. The fourth-order valence-electron chi connectivity index (χ4n) is 1.67. The van der Waals surface area contributed by atoms with Gasteiger partial charge in [0.1, 0.15) is 17.3 Å². The molecule has 0 saturated heterocycles. The van der Waals surface area contributed by atoms with Gasteiger partial charge in [0.2, 0.25) is 0 Å². The maximum atomic E-state index is 11.5. The first kappa shape index (κ1) is 45.2. The monoisotopic (exact) mass is 604 g/mol. The van der Waals surface area contributed by atoms with Crippen molar-refractivity contribution in [2.24, 2.45) is 32.5 Å². The zero-order valence-electron chi connectivity index (χ0n) is 28.7. The van der Waals surface area contributed by atoms with Crippen LogP contribution in [0.5, 0.6) is 0 Å². The van der Waals surface area contributed by atoms with E-state index in [-0.39, 0.29) is 68.2 Å². The third-order valence-electron chi connectivity index (χ3n) is 5.33. The van der Waals surface area contributed by atoms with Crippen molar-refractivity contribution in [2.75, 3.05) is 0 Å². The summed E-state index contributed by atoms with van der Waals surface area (Å²) in [6.45, 7) is 33.3. The molecule has 0 aromatic rings. The molecule has 0 bridgehead atoms. The molecule has 234 valence electrons. The average molecular weight is 605 g/mol. The minimum atomic E-state index is -0.417. The summed E-state index contributed by atoms with van der Waals surface area (Å²) < 4.78 is 0. The summed E-state index contributed by atoms with van der Waals surface area (Å²) in [6.07, 6.45) is 4.00. The van der Waals surface area contributed by atoms with Crippen LogP contribution in [-0.2, 0) is 31.7 Å². The number of aliphatic hydroxyl groups excluding tert-OH is 3.